The van der Waals surface area contributed by atoms with Gasteiger partial charge in [-0.2, -0.15) is 0 Å². The normalized spacial score (nSPS) is 42.8. The lowest BCUT2D eigenvalue weighted by atomic mass is 9.45. The molecule has 0 heteroatoms. The van der Waals surface area contributed by atoms with Crippen molar-refractivity contribution in [3.05, 3.63) is 59.7 Å². The van der Waals surface area contributed by atoms with Gasteiger partial charge in [-0.3, -0.25) is 0 Å². The van der Waals surface area contributed by atoms with E-state index in [2.05, 4.69) is 62.4 Å². The molecule has 27 heavy (non-hydrogen) atoms. The van der Waals surface area contributed by atoms with E-state index >= 15 is 0 Å². The largest absolute Gasteiger partial charge is 0.0882 e. The summed E-state index contributed by atoms with van der Waals surface area (Å²) >= 11 is 0. The van der Waals surface area contributed by atoms with Gasteiger partial charge in [0.25, 0.3) is 0 Å². The number of hydrogen-bond acceptors (Lipinski definition) is 0. The molecule has 0 N–H and O–H groups in total. The Morgan fingerprint density at radius 1 is 0.889 bits per heavy atom. The molecule has 0 aromatic heterocycles. The molecular weight excluding hydrogens is 324 g/mol. The fourth-order valence-corrected chi connectivity index (χ4v) is 7.81. The molecule has 1 aromatic carbocycles. The molecule has 6 atom stereocenters. The fraction of sp³-hybridized carbons (Fsp3) is 0.630. The molecular formula is C27H36. The number of hydrogen-bond donors (Lipinski definition) is 0. The Morgan fingerprint density at radius 3 is 2.59 bits per heavy atom. The third-order valence-electron chi connectivity index (χ3n) is 9.48. The van der Waals surface area contributed by atoms with E-state index in [1.807, 2.05) is 0 Å². The van der Waals surface area contributed by atoms with E-state index in [9.17, 15) is 0 Å². The Hall–Kier alpha value is -1.30. The smallest absolute Gasteiger partial charge is 0.00822 e. The van der Waals surface area contributed by atoms with Crippen molar-refractivity contribution in [2.75, 3.05) is 0 Å². The summed E-state index contributed by atoms with van der Waals surface area (Å²) in [7, 11) is 0. The predicted octanol–water partition coefficient (Wildman–Crippen LogP) is 7.36. The first-order chi connectivity index (χ1) is 13.1. The molecule has 1 aromatic rings. The van der Waals surface area contributed by atoms with E-state index in [4.69, 9.17) is 0 Å². The van der Waals surface area contributed by atoms with Crippen molar-refractivity contribution >= 4 is 0 Å². The molecule has 2 fully saturated rings. The molecule has 0 radical (unpaired) electrons. The van der Waals surface area contributed by atoms with Gasteiger partial charge in [-0.15, -0.1) is 0 Å². The Balaban J connectivity index is 1.34. The molecule has 144 valence electrons. The van der Waals surface area contributed by atoms with Crippen LogP contribution in [0, 0.1) is 34.5 Å². The number of aryl methyl sites for hydroxylation is 1. The highest BCUT2D eigenvalue weighted by atomic mass is 14.6. The van der Waals surface area contributed by atoms with Crippen LogP contribution in [-0.2, 0) is 6.42 Å². The lowest BCUT2D eigenvalue weighted by Gasteiger charge is -2.59. The van der Waals surface area contributed by atoms with Crippen LogP contribution in [0.3, 0.4) is 0 Å². The summed E-state index contributed by atoms with van der Waals surface area (Å²) < 4.78 is 0. The van der Waals surface area contributed by atoms with Crippen molar-refractivity contribution in [2.24, 2.45) is 34.5 Å². The minimum atomic E-state index is 0.490. The summed E-state index contributed by atoms with van der Waals surface area (Å²) in [6, 6.07) is 11.1. The second-order valence-corrected chi connectivity index (χ2v) is 10.5. The van der Waals surface area contributed by atoms with Gasteiger partial charge in [0.1, 0.15) is 0 Å². The summed E-state index contributed by atoms with van der Waals surface area (Å²) in [5.41, 5.74) is 4.38. The lowest BCUT2D eigenvalue weighted by Crippen LogP contribution is -2.51. The van der Waals surface area contributed by atoms with Gasteiger partial charge in [0.2, 0.25) is 0 Å². The standard InChI is InChI=1S/C27H36/c1-26-18-7-6-10-21(26)13-15-23-24-16-14-22(27(24,2)19-17-25(23)26)12-11-20-8-4-3-5-9-20/h3-9,14,21,23-25H,10-13,15-19H2,1-2H3/t21-,23+,24-,25-,26-,27-/m0/s1. The molecule has 0 spiro atoms. The highest BCUT2D eigenvalue weighted by Gasteiger charge is 2.57. The van der Waals surface area contributed by atoms with Crippen LogP contribution in [0.25, 0.3) is 0 Å². The van der Waals surface area contributed by atoms with Gasteiger partial charge >= 0.3 is 0 Å². The highest BCUT2D eigenvalue weighted by Crippen LogP contribution is 2.66. The summed E-state index contributed by atoms with van der Waals surface area (Å²) in [4.78, 5) is 0. The number of fused-ring (bicyclic) bond motifs is 5. The lowest BCUT2D eigenvalue weighted by molar-refractivity contribution is -0.0827. The Bertz CT molecular complexity index is 741. The zero-order chi connectivity index (χ0) is 18.5. The second-order valence-electron chi connectivity index (χ2n) is 10.5. The van der Waals surface area contributed by atoms with E-state index in [1.165, 1.54) is 63.4 Å². The first-order valence-corrected chi connectivity index (χ1v) is 11.5. The van der Waals surface area contributed by atoms with Crippen LogP contribution in [0.15, 0.2) is 54.1 Å². The average molecular weight is 361 g/mol. The van der Waals surface area contributed by atoms with E-state index in [1.54, 1.807) is 5.57 Å². The SMILES string of the molecule is C[C@]12CC=CC[C@H]1CC[C@H]1[C@@H]2CC[C@@]2(C)C(CCc3ccccc3)=CC[C@@H]12. The minimum Gasteiger partial charge on any atom is -0.0882 e. The van der Waals surface area contributed by atoms with Gasteiger partial charge < -0.3 is 0 Å². The Labute approximate surface area is 166 Å². The van der Waals surface area contributed by atoms with E-state index in [0.717, 1.165) is 23.7 Å². The Morgan fingerprint density at radius 2 is 1.74 bits per heavy atom. The van der Waals surface area contributed by atoms with Gasteiger partial charge in [0.15, 0.2) is 0 Å². The van der Waals surface area contributed by atoms with Crippen LogP contribution in [0.4, 0.5) is 0 Å². The maximum Gasteiger partial charge on any atom is -0.00822 e. The molecule has 0 aliphatic heterocycles. The third kappa shape index (κ3) is 2.78. The van der Waals surface area contributed by atoms with Crippen molar-refractivity contribution in [2.45, 2.75) is 71.6 Å². The highest BCUT2D eigenvalue weighted by molar-refractivity contribution is 5.27. The molecule has 0 amide bonds. The zero-order valence-electron chi connectivity index (χ0n) is 17.3. The summed E-state index contributed by atoms with van der Waals surface area (Å²) in [5, 5.41) is 0. The fourth-order valence-electron chi connectivity index (χ4n) is 7.81. The quantitative estimate of drug-likeness (QED) is 0.494. The van der Waals surface area contributed by atoms with Crippen LogP contribution in [0.5, 0.6) is 0 Å². The van der Waals surface area contributed by atoms with Gasteiger partial charge in [-0.05, 0) is 97.9 Å². The van der Waals surface area contributed by atoms with Crippen molar-refractivity contribution in [1.29, 1.82) is 0 Å². The molecule has 0 heterocycles. The van der Waals surface area contributed by atoms with E-state index in [0.29, 0.717) is 10.8 Å². The monoisotopic (exact) mass is 360 g/mol. The van der Waals surface area contributed by atoms with Gasteiger partial charge in [0.05, 0.1) is 0 Å². The van der Waals surface area contributed by atoms with Crippen molar-refractivity contribution < 1.29 is 0 Å². The number of allylic oxidation sites excluding steroid dienone is 4. The molecule has 5 rings (SSSR count). The van der Waals surface area contributed by atoms with Crippen LogP contribution >= 0.6 is 0 Å². The van der Waals surface area contributed by atoms with Crippen LogP contribution in [0.2, 0.25) is 0 Å². The van der Waals surface area contributed by atoms with Crippen LogP contribution in [-0.4, -0.2) is 0 Å². The molecule has 0 nitrogen and oxygen atoms in total. The summed E-state index contributed by atoms with van der Waals surface area (Å²) in [6.07, 6.45) is 20.1. The molecule has 2 saturated carbocycles. The predicted molar refractivity (Wildman–Crippen MR) is 114 cm³/mol. The van der Waals surface area contributed by atoms with Crippen molar-refractivity contribution in [3.8, 4) is 0 Å². The topological polar surface area (TPSA) is 0 Å². The molecule has 4 aliphatic rings. The van der Waals surface area contributed by atoms with Gasteiger partial charge in [0, 0.05) is 0 Å². The van der Waals surface area contributed by atoms with E-state index in [-0.39, 0.29) is 0 Å². The van der Waals surface area contributed by atoms with Crippen molar-refractivity contribution in [1.82, 2.24) is 0 Å². The molecule has 0 saturated heterocycles. The summed E-state index contributed by atoms with van der Waals surface area (Å²) in [6.45, 7) is 5.28. The third-order valence-corrected chi connectivity index (χ3v) is 9.48. The summed E-state index contributed by atoms with van der Waals surface area (Å²) in [5.74, 6) is 3.83. The second kappa shape index (κ2) is 6.64. The Kier molecular flexibility index (Phi) is 4.37. The number of rotatable bonds is 3. The maximum atomic E-state index is 2.67. The molecule has 4 aliphatic carbocycles. The molecule has 0 bridgehead atoms. The van der Waals surface area contributed by atoms with Crippen LogP contribution in [0.1, 0.15) is 70.8 Å². The maximum absolute atomic E-state index is 2.67. The van der Waals surface area contributed by atoms with Crippen molar-refractivity contribution in [3.63, 3.8) is 0 Å². The van der Waals surface area contributed by atoms with Gasteiger partial charge in [-0.25, -0.2) is 0 Å². The first kappa shape index (κ1) is 17.8. The zero-order valence-corrected chi connectivity index (χ0v) is 17.3. The average Bonchev–Trinajstić information content (AvgIpc) is 3.03. The minimum absolute atomic E-state index is 0.490. The molecule has 0 unspecified atom stereocenters. The van der Waals surface area contributed by atoms with Gasteiger partial charge in [-0.1, -0.05) is 68.0 Å². The first-order valence-electron chi connectivity index (χ1n) is 11.5. The van der Waals surface area contributed by atoms with E-state index < -0.39 is 0 Å². The van der Waals surface area contributed by atoms with Crippen LogP contribution < -0.4 is 0 Å². The number of benzene rings is 1.